The Morgan fingerprint density at radius 1 is 0.864 bits per heavy atom. The van der Waals surface area contributed by atoms with E-state index >= 15 is 0 Å². The second kappa shape index (κ2) is 7.78. The van der Waals surface area contributed by atoms with E-state index in [-0.39, 0.29) is 0 Å². The number of benzene rings is 2. The zero-order valence-electron chi connectivity index (χ0n) is 12.4. The molecule has 22 heavy (non-hydrogen) atoms. The molecule has 0 saturated heterocycles. The first-order valence-electron chi connectivity index (χ1n) is 7.45. The fraction of sp³-hybridized carbons (Fsp3) is 0.158. The van der Waals surface area contributed by atoms with Gasteiger partial charge in [-0.05, 0) is 53.7 Å². The maximum absolute atomic E-state index is 5.83. The Bertz CT molecular complexity index is 680. The van der Waals surface area contributed by atoms with Crippen molar-refractivity contribution in [2.24, 2.45) is 0 Å². The Labute approximate surface area is 135 Å². The zero-order chi connectivity index (χ0) is 15.0. The summed E-state index contributed by atoms with van der Waals surface area (Å²) in [6.45, 7) is 1.83. The van der Waals surface area contributed by atoms with E-state index < -0.39 is 0 Å². The molecule has 0 radical (unpaired) electrons. The quantitative estimate of drug-likeness (QED) is 0.629. The van der Waals surface area contributed by atoms with Crippen LogP contribution in [0.2, 0.25) is 0 Å². The lowest BCUT2D eigenvalue weighted by atomic mass is 10.1. The van der Waals surface area contributed by atoms with Crippen molar-refractivity contribution in [1.29, 1.82) is 0 Å². The van der Waals surface area contributed by atoms with Crippen LogP contribution in [0.5, 0.6) is 10.8 Å². The summed E-state index contributed by atoms with van der Waals surface area (Å²) >= 11 is 1.60. The molecule has 1 aromatic heterocycles. The molecule has 3 rings (SSSR count). The molecule has 3 heteroatoms. The van der Waals surface area contributed by atoms with Gasteiger partial charge in [-0.2, -0.15) is 0 Å². The number of nitrogens with one attached hydrogen (secondary N) is 1. The molecular formula is C19H19NOS. The van der Waals surface area contributed by atoms with Gasteiger partial charge in [-0.1, -0.05) is 42.5 Å². The number of rotatable bonds is 7. The van der Waals surface area contributed by atoms with Crippen LogP contribution in [0.3, 0.4) is 0 Å². The molecule has 0 amide bonds. The van der Waals surface area contributed by atoms with E-state index in [9.17, 15) is 0 Å². The van der Waals surface area contributed by atoms with Crippen molar-refractivity contribution >= 4 is 11.3 Å². The van der Waals surface area contributed by atoms with E-state index in [4.69, 9.17) is 4.74 Å². The molecule has 2 nitrogen and oxygen atoms in total. The second-order valence-electron chi connectivity index (χ2n) is 5.09. The molecule has 0 unspecified atom stereocenters. The Morgan fingerprint density at radius 3 is 2.55 bits per heavy atom. The Kier molecular flexibility index (Phi) is 5.24. The molecule has 0 saturated carbocycles. The minimum atomic E-state index is 0.856. The Hall–Kier alpha value is -2.10. The van der Waals surface area contributed by atoms with Crippen molar-refractivity contribution < 1.29 is 4.74 Å². The SMILES string of the molecule is c1ccc(CCNCc2cccc(Oc3cccs3)c2)cc1. The van der Waals surface area contributed by atoms with Crippen LogP contribution in [-0.4, -0.2) is 6.54 Å². The summed E-state index contributed by atoms with van der Waals surface area (Å²) in [5, 5.41) is 6.43. The molecule has 1 N–H and O–H groups in total. The smallest absolute Gasteiger partial charge is 0.180 e. The Balaban J connectivity index is 1.48. The van der Waals surface area contributed by atoms with E-state index in [1.54, 1.807) is 11.3 Å². The van der Waals surface area contributed by atoms with E-state index in [0.717, 1.165) is 30.3 Å². The van der Waals surface area contributed by atoms with Crippen LogP contribution in [0.25, 0.3) is 0 Å². The van der Waals surface area contributed by atoms with Crippen molar-refractivity contribution in [3.63, 3.8) is 0 Å². The van der Waals surface area contributed by atoms with Crippen LogP contribution in [0.1, 0.15) is 11.1 Å². The minimum absolute atomic E-state index is 0.856. The molecule has 3 aromatic rings. The molecule has 0 spiro atoms. The molecule has 0 aliphatic heterocycles. The van der Waals surface area contributed by atoms with Gasteiger partial charge in [-0.15, -0.1) is 11.3 Å². The topological polar surface area (TPSA) is 21.3 Å². The maximum atomic E-state index is 5.83. The Morgan fingerprint density at radius 2 is 1.73 bits per heavy atom. The predicted molar refractivity (Wildman–Crippen MR) is 92.7 cm³/mol. The molecule has 0 aliphatic rings. The van der Waals surface area contributed by atoms with Gasteiger partial charge in [0.25, 0.3) is 0 Å². The molecule has 0 bridgehead atoms. The van der Waals surface area contributed by atoms with E-state index in [1.165, 1.54) is 11.1 Å². The lowest BCUT2D eigenvalue weighted by Crippen LogP contribution is -2.16. The summed E-state index contributed by atoms with van der Waals surface area (Å²) in [4.78, 5) is 0. The van der Waals surface area contributed by atoms with Crippen LogP contribution in [-0.2, 0) is 13.0 Å². The first-order chi connectivity index (χ1) is 10.9. The predicted octanol–water partition coefficient (Wildman–Crippen LogP) is 4.87. The molecule has 1 heterocycles. The van der Waals surface area contributed by atoms with Gasteiger partial charge < -0.3 is 10.1 Å². The lowest BCUT2D eigenvalue weighted by Gasteiger charge is -2.08. The van der Waals surface area contributed by atoms with Gasteiger partial charge in [-0.25, -0.2) is 0 Å². The van der Waals surface area contributed by atoms with E-state index in [2.05, 4.69) is 47.8 Å². The van der Waals surface area contributed by atoms with Crippen LogP contribution in [0.4, 0.5) is 0 Å². The van der Waals surface area contributed by atoms with Gasteiger partial charge in [0, 0.05) is 6.54 Å². The normalized spacial score (nSPS) is 10.5. The maximum Gasteiger partial charge on any atom is 0.180 e. The van der Waals surface area contributed by atoms with Gasteiger partial charge in [0.1, 0.15) is 5.75 Å². The highest BCUT2D eigenvalue weighted by Crippen LogP contribution is 2.26. The van der Waals surface area contributed by atoms with Crippen molar-refractivity contribution in [3.8, 4) is 10.8 Å². The van der Waals surface area contributed by atoms with E-state index in [1.807, 2.05) is 29.6 Å². The number of ether oxygens (including phenoxy) is 1. The summed E-state index contributed by atoms with van der Waals surface area (Å²) < 4.78 is 5.83. The monoisotopic (exact) mass is 309 g/mol. The molecule has 112 valence electrons. The summed E-state index contributed by atoms with van der Waals surface area (Å²) in [6, 6.07) is 22.8. The molecule has 0 aliphatic carbocycles. The van der Waals surface area contributed by atoms with Gasteiger partial charge in [0.2, 0.25) is 0 Å². The highest BCUT2D eigenvalue weighted by atomic mass is 32.1. The van der Waals surface area contributed by atoms with Crippen molar-refractivity contribution in [3.05, 3.63) is 83.2 Å². The van der Waals surface area contributed by atoms with Gasteiger partial charge in [-0.3, -0.25) is 0 Å². The fourth-order valence-electron chi connectivity index (χ4n) is 2.27. The third-order valence-electron chi connectivity index (χ3n) is 3.37. The fourth-order valence-corrected chi connectivity index (χ4v) is 2.86. The number of hydrogen-bond donors (Lipinski definition) is 1. The van der Waals surface area contributed by atoms with Crippen LogP contribution >= 0.6 is 11.3 Å². The third kappa shape index (κ3) is 4.45. The zero-order valence-corrected chi connectivity index (χ0v) is 13.2. The van der Waals surface area contributed by atoms with Gasteiger partial charge in [0.05, 0.1) is 0 Å². The number of hydrogen-bond acceptors (Lipinski definition) is 3. The van der Waals surface area contributed by atoms with Gasteiger partial charge >= 0.3 is 0 Å². The first kappa shape index (κ1) is 14.8. The molecule has 0 fully saturated rings. The summed E-state index contributed by atoms with van der Waals surface area (Å²) in [6.07, 6.45) is 1.05. The molecule has 0 atom stereocenters. The van der Waals surface area contributed by atoms with Crippen LogP contribution in [0, 0.1) is 0 Å². The summed E-state index contributed by atoms with van der Waals surface area (Å²) in [7, 11) is 0. The van der Waals surface area contributed by atoms with Crippen LogP contribution in [0.15, 0.2) is 72.1 Å². The summed E-state index contributed by atoms with van der Waals surface area (Å²) in [5.41, 5.74) is 2.60. The first-order valence-corrected chi connectivity index (χ1v) is 8.33. The van der Waals surface area contributed by atoms with Crippen LogP contribution < -0.4 is 10.1 Å². The van der Waals surface area contributed by atoms with Gasteiger partial charge in [0.15, 0.2) is 5.06 Å². The van der Waals surface area contributed by atoms with E-state index in [0.29, 0.717) is 0 Å². The third-order valence-corrected chi connectivity index (χ3v) is 4.12. The van der Waals surface area contributed by atoms with Crippen molar-refractivity contribution in [2.75, 3.05) is 6.54 Å². The standard InChI is InChI=1S/C19H19NOS/c1-2-6-16(7-3-1)11-12-20-15-17-8-4-9-18(14-17)21-19-10-5-13-22-19/h1-10,13-14,20H,11-12,15H2. The second-order valence-corrected chi connectivity index (χ2v) is 6.00. The average molecular weight is 309 g/mol. The molecular weight excluding hydrogens is 290 g/mol. The minimum Gasteiger partial charge on any atom is -0.447 e. The largest absolute Gasteiger partial charge is 0.447 e. The molecule has 2 aromatic carbocycles. The summed E-state index contributed by atoms with van der Waals surface area (Å²) in [5.74, 6) is 0.893. The highest BCUT2D eigenvalue weighted by Gasteiger charge is 2.00. The van der Waals surface area contributed by atoms with Crippen molar-refractivity contribution in [1.82, 2.24) is 5.32 Å². The lowest BCUT2D eigenvalue weighted by molar-refractivity contribution is 0.495. The average Bonchev–Trinajstić information content (AvgIpc) is 3.06. The van der Waals surface area contributed by atoms with Crippen molar-refractivity contribution in [2.45, 2.75) is 13.0 Å². The highest BCUT2D eigenvalue weighted by molar-refractivity contribution is 7.11. The number of thiophene rings is 1.